The van der Waals surface area contributed by atoms with Gasteiger partial charge in [-0.3, -0.25) is 4.74 Å². The molecular formula is C12H14F3NO4. The lowest BCUT2D eigenvalue weighted by Crippen LogP contribution is -2.19. The van der Waals surface area contributed by atoms with Crippen LogP contribution in [-0.4, -0.2) is 32.2 Å². The van der Waals surface area contributed by atoms with E-state index < -0.39 is 18.9 Å². The fourth-order valence-corrected chi connectivity index (χ4v) is 1.34. The third-order valence-corrected chi connectivity index (χ3v) is 2.11. The average molecular weight is 293 g/mol. The average Bonchev–Trinajstić information content (AvgIpc) is 2.34. The summed E-state index contributed by atoms with van der Waals surface area (Å²) in [4.78, 5) is 11.6. The highest BCUT2D eigenvalue weighted by Crippen LogP contribution is 2.23. The molecule has 0 radical (unpaired) electrons. The van der Waals surface area contributed by atoms with Crippen LogP contribution in [0.3, 0.4) is 0 Å². The number of ether oxygens (including phenoxy) is 3. The third-order valence-electron chi connectivity index (χ3n) is 2.11. The minimum absolute atomic E-state index is 0.0502. The van der Waals surface area contributed by atoms with Gasteiger partial charge in [0.2, 0.25) is 0 Å². The Hall–Kier alpha value is -1.96. The van der Waals surface area contributed by atoms with Gasteiger partial charge in [-0.15, -0.1) is 13.2 Å². The van der Waals surface area contributed by atoms with Crippen LogP contribution in [0.1, 0.15) is 17.3 Å². The zero-order valence-corrected chi connectivity index (χ0v) is 10.7. The largest absolute Gasteiger partial charge is 0.522 e. The van der Waals surface area contributed by atoms with E-state index in [0.717, 1.165) is 0 Å². The summed E-state index contributed by atoms with van der Waals surface area (Å²) in [5.41, 5.74) is 5.93. The zero-order valence-electron chi connectivity index (χ0n) is 10.7. The Morgan fingerprint density at radius 2 is 2.00 bits per heavy atom. The van der Waals surface area contributed by atoms with E-state index in [2.05, 4.69) is 4.74 Å². The van der Waals surface area contributed by atoms with Crippen LogP contribution in [-0.2, 0) is 9.47 Å². The van der Waals surface area contributed by atoms with Crippen LogP contribution in [0.15, 0.2) is 18.2 Å². The Balaban J connectivity index is 2.68. The fraction of sp³-hybridized carbons (Fsp3) is 0.417. The highest BCUT2D eigenvalue weighted by atomic mass is 19.4. The molecule has 0 aromatic heterocycles. The van der Waals surface area contributed by atoms with Gasteiger partial charge >= 0.3 is 12.3 Å². The van der Waals surface area contributed by atoms with Gasteiger partial charge in [0, 0.05) is 11.8 Å². The number of rotatable bonds is 6. The molecule has 1 aromatic carbocycles. The lowest BCUT2D eigenvalue weighted by atomic mass is 10.2. The first-order chi connectivity index (χ1) is 9.33. The van der Waals surface area contributed by atoms with E-state index >= 15 is 0 Å². The van der Waals surface area contributed by atoms with Crippen molar-refractivity contribution < 1.29 is 32.2 Å². The quantitative estimate of drug-likeness (QED) is 0.495. The number of benzene rings is 1. The van der Waals surface area contributed by atoms with Crippen molar-refractivity contribution in [1.82, 2.24) is 0 Å². The topological polar surface area (TPSA) is 70.8 Å². The number of hydrogen-bond donors (Lipinski definition) is 1. The van der Waals surface area contributed by atoms with Crippen molar-refractivity contribution in [2.75, 3.05) is 25.6 Å². The van der Waals surface area contributed by atoms with Crippen molar-refractivity contribution >= 4 is 11.7 Å². The molecule has 0 bridgehead atoms. The van der Waals surface area contributed by atoms with E-state index in [1.165, 1.54) is 18.2 Å². The highest BCUT2D eigenvalue weighted by molar-refractivity contribution is 5.93. The summed E-state index contributed by atoms with van der Waals surface area (Å²) in [6.07, 6.45) is -4.72. The third kappa shape index (κ3) is 5.35. The second-order valence-corrected chi connectivity index (χ2v) is 3.62. The van der Waals surface area contributed by atoms with Gasteiger partial charge in [-0.25, -0.2) is 4.79 Å². The summed E-state index contributed by atoms with van der Waals surface area (Å²) in [5.74, 6) is -0.589. The number of halogens is 3. The molecule has 0 aliphatic heterocycles. The van der Waals surface area contributed by atoms with E-state index in [0.29, 0.717) is 5.69 Å². The molecule has 0 amide bonds. The van der Waals surface area contributed by atoms with Crippen LogP contribution in [0.2, 0.25) is 0 Å². The van der Waals surface area contributed by atoms with Gasteiger partial charge in [-0.2, -0.15) is 0 Å². The lowest BCUT2D eigenvalue weighted by molar-refractivity contribution is -0.325. The number of esters is 1. The number of anilines is 1. The van der Waals surface area contributed by atoms with Crippen LogP contribution < -0.4 is 10.5 Å². The first-order valence-corrected chi connectivity index (χ1v) is 5.73. The minimum Gasteiger partial charge on any atom is -0.490 e. The van der Waals surface area contributed by atoms with Crippen molar-refractivity contribution in [2.45, 2.75) is 13.3 Å². The Bertz CT molecular complexity index is 463. The maximum atomic E-state index is 11.8. The number of carbonyl (C=O) groups excluding carboxylic acids is 1. The van der Waals surface area contributed by atoms with Gasteiger partial charge in [-0.1, -0.05) is 0 Å². The predicted molar refractivity (Wildman–Crippen MR) is 64.3 cm³/mol. The van der Waals surface area contributed by atoms with Crippen LogP contribution in [0.25, 0.3) is 0 Å². The maximum Gasteiger partial charge on any atom is 0.522 e. The smallest absolute Gasteiger partial charge is 0.490 e. The first-order valence-electron chi connectivity index (χ1n) is 5.73. The number of nitrogens with two attached hydrogens (primary N) is 1. The van der Waals surface area contributed by atoms with E-state index in [9.17, 15) is 18.0 Å². The van der Waals surface area contributed by atoms with Gasteiger partial charge < -0.3 is 15.2 Å². The summed E-state index contributed by atoms with van der Waals surface area (Å²) in [6.45, 7) is 0.725. The van der Waals surface area contributed by atoms with E-state index in [1.54, 1.807) is 6.92 Å². The SMILES string of the molecule is CCOC(=O)c1ccc(N)cc1OCCOC(F)(F)F. The lowest BCUT2D eigenvalue weighted by Gasteiger charge is -2.12. The van der Waals surface area contributed by atoms with Crippen molar-refractivity contribution in [3.05, 3.63) is 23.8 Å². The molecule has 1 aromatic rings. The van der Waals surface area contributed by atoms with Crippen LogP contribution >= 0.6 is 0 Å². The van der Waals surface area contributed by atoms with Gasteiger partial charge in [0.15, 0.2) is 0 Å². The second-order valence-electron chi connectivity index (χ2n) is 3.62. The summed E-state index contributed by atoms with van der Waals surface area (Å²) in [5, 5.41) is 0. The standard InChI is InChI=1S/C12H14F3NO4/c1-2-18-11(17)9-4-3-8(16)7-10(9)19-5-6-20-12(13,14)15/h3-4,7H,2,5-6,16H2,1H3. The maximum absolute atomic E-state index is 11.8. The molecule has 8 heteroatoms. The predicted octanol–water partition coefficient (Wildman–Crippen LogP) is 2.36. The Morgan fingerprint density at radius 1 is 1.30 bits per heavy atom. The van der Waals surface area contributed by atoms with E-state index in [4.69, 9.17) is 15.2 Å². The molecule has 0 spiro atoms. The fourth-order valence-electron chi connectivity index (χ4n) is 1.34. The number of nitrogen functional groups attached to an aromatic ring is 1. The van der Waals surface area contributed by atoms with E-state index in [-0.39, 0.29) is 24.5 Å². The Morgan fingerprint density at radius 3 is 2.60 bits per heavy atom. The van der Waals surface area contributed by atoms with Crippen molar-refractivity contribution in [2.24, 2.45) is 0 Å². The number of carbonyl (C=O) groups is 1. The molecule has 0 aliphatic carbocycles. The summed E-state index contributed by atoms with van der Waals surface area (Å²) in [7, 11) is 0. The minimum atomic E-state index is -4.72. The molecular weight excluding hydrogens is 279 g/mol. The van der Waals surface area contributed by atoms with E-state index in [1.807, 2.05) is 0 Å². The van der Waals surface area contributed by atoms with Gasteiger partial charge in [0.1, 0.15) is 17.9 Å². The Labute approximate surface area is 113 Å². The van der Waals surface area contributed by atoms with Crippen molar-refractivity contribution in [1.29, 1.82) is 0 Å². The molecule has 0 aliphatic rings. The van der Waals surface area contributed by atoms with Gasteiger partial charge in [0.25, 0.3) is 0 Å². The molecule has 20 heavy (non-hydrogen) atoms. The highest BCUT2D eigenvalue weighted by Gasteiger charge is 2.28. The van der Waals surface area contributed by atoms with Crippen LogP contribution in [0.5, 0.6) is 5.75 Å². The molecule has 0 fully saturated rings. The van der Waals surface area contributed by atoms with Crippen LogP contribution in [0, 0.1) is 0 Å². The normalized spacial score (nSPS) is 11.2. The monoisotopic (exact) mass is 293 g/mol. The molecule has 1 rings (SSSR count). The van der Waals surface area contributed by atoms with Crippen LogP contribution in [0.4, 0.5) is 18.9 Å². The van der Waals surface area contributed by atoms with Gasteiger partial charge in [-0.05, 0) is 19.1 Å². The number of hydrogen-bond acceptors (Lipinski definition) is 5. The molecule has 2 N–H and O–H groups in total. The van der Waals surface area contributed by atoms with Gasteiger partial charge in [0.05, 0.1) is 13.2 Å². The summed E-state index contributed by atoms with van der Waals surface area (Å²) in [6, 6.07) is 4.18. The first kappa shape index (κ1) is 16.1. The molecule has 0 saturated heterocycles. The zero-order chi connectivity index (χ0) is 15.2. The number of alkyl halides is 3. The molecule has 0 unspecified atom stereocenters. The Kier molecular flexibility index (Phi) is 5.63. The van der Waals surface area contributed by atoms with Crippen molar-refractivity contribution in [3.63, 3.8) is 0 Å². The molecule has 0 atom stereocenters. The molecule has 0 heterocycles. The second kappa shape index (κ2) is 6.99. The molecule has 5 nitrogen and oxygen atoms in total. The molecule has 0 saturated carbocycles. The van der Waals surface area contributed by atoms with Crippen molar-refractivity contribution in [3.8, 4) is 5.75 Å². The molecule has 112 valence electrons. The summed E-state index contributed by atoms with van der Waals surface area (Å²) >= 11 is 0. The summed E-state index contributed by atoms with van der Waals surface area (Å²) < 4.78 is 48.8.